The van der Waals surface area contributed by atoms with Crippen molar-refractivity contribution in [3.63, 3.8) is 0 Å². The molecule has 0 bridgehead atoms. The zero-order chi connectivity index (χ0) is 23.2. The molecule has 1 aliphatic carbocycles. The molecular weight excluding hydrogens is 416 g/mol. The number of carboxylic acid groups (broad SMARTS) is 1. The Bertz CT molecular complexity index is 1050. The van der Waals surface area contributed by atoms with Crippen LogP contribution in [-0.4, -0.2) is 27.1 Å². The third kappa shape index (κ3) is 5.55. The van der Waals surface area contributed by atoms with Gasteiger partial charge in [-0.15, -0.1) is 0 Å². The first-order valence-corrected chi connectivity index (χ1v) is 12.3. The molecule has 1 atom stereocenters. The molecule has 0 spiro atoms. The lowest BCUT2D eigenvalue weighted by Gasteiger charge is -2.28. The number of aliphatic carboxylic acids is 1. The topological polar surface area (TPSA) is 85.5 Å². The van der Waals surface area contributed by atoms with E-state index in [1.807, 2.05) is 25.1 Å². The molecule has 6 nitrogen and oxygen atoms in total. The molecule has 33 heavy (non-hydrogen) atoms. The lowest BCUT2D eigenvalue weighted by Crippen LogP contribution is -2.15. The van der Waals surface area contributed by atoms with Crippen molar-refractivity contribution in [3.8, 4) is 17.2 Å². The van der Waals surface area contributed by atoms with E-state index in [4.69, 9.17) is 14.3 Å². The molecule has 2 heterocycles. The monoisotopic (exact) mass is 450 g/mol. The molecule has 3 aromatic rings. The number of rotatable bonds is 10. The minimum Gasteiger partial charge on any atom is -0.481 e. The largest absolute Gasteiger partial charge is 0.481 e. The normalized spacial score (nSPS) is 19.5. The zero-order valence-corrected chi connectivity index (χ0v) is 19.6. The Labute approximate surface area is 195 Å². The summed E-state index contributed by atoms with van der Waals surface area (Å²) in [6.07, 6.45) is 9.81. The maximum Gasteiger partial charge on any atom is 0.303 e. The number of carboxylic acids is 1. The Balaban J connectivity index is 1.66. The van der Waals surface area contributed by atoms with Gasteiger partial charge >= 0.3 is 5.97 Å². The van der Waals surface area contributed by atoms with Crippen LogP contribution in [0.2, 0.25) is 0 Å². The second-order valence-corrected chi connectivity index (χ2v) is 9.26. The van der Waals surface area contributed by atoms with Crippen molar-refractivity contribution in [2.75, 3.05) is 0 Å². The van der Waals surface area contributed by atoms with Crippen LogP contribution in [0.1, 0.15) is 83.1 Å². The highest BCUT2D eigenvalue weighted by Gasteiger charge is 2.30. The van der Waals surface area contributed by atoms with Gasteiger partial charge in [0, 0.05) is 17.5 Å². The van der Waals surface area contributed by atoms with Crippen molar-refractivity contribution in [1.82, 2.24) is 9.97 Å². The predicted octanol–water partition coefficient (Wildman–Crippen LogP) is 6.99. The lowest BCUT2D eigenvalue weighted by atomic mass is 9.77. The highest BCUT2D eigenvalue weighted by atomic mass is 16.5. The van der Waals surface area contributed by atoms with Crippen LogP contribution < -0.4 is 4.74 Å². The van der Waals surface area contributed by atoms with E-state index in [1.54, 1.807) is 0 Å². The molecule has 1 unspecified atom stereocenters. The van der Waals surface area contributed by atoms with Gasteiger partial charge in [-0.3, -0.25) is 4.79 Å². The van der Waals surface area contributed by atoms with Crippen LogP contribution in [0.3, 0.4) is 0 Å². The molecule has 1 saturated carbocycles. The van der Waals surface area contributed by atoms with E-state index in [9.17, 15) is 4.79 Å². The van der Waals surface area contributed by atoms with Gasteiger partial charge in [0.2, 0.25) is 11.6 Å². The van der Waals surface area contributed by atoms with Crippen molar-refractivity contribution in [2.24, 2.45) is 5.92 Å². The first-order valence-electron chi connectivity index (χ1n) is 12.3. The SMILES string of the molecule is CCC1CCC(c2c(-c3ccccc3)oc3ncnc(OC(C)CCCCC(=O)O)c23)CC1. The van der Waals surface area contributed by atoms with Crippen LogP contribution >= 0.6 is 0 Å². The fourth-order valence-corrected chi connectivity index (χ4v) is 5.03. The van der Waals surface area contributed by atoms with Crippen LogP contribution in [0.5, 0.6) is 5.88 Å². The molecule has 1 N–H and O–H groups in total. The number of ether oxygens (including phenoxy) is 1. The summed E-state index contributed by atoms with van der Waals surface area (Å²) in [7, 11) is 0. The summed E-state index contributed by atoms with van der Waals surface area (Å²) in [5.41, 5.74) is 2.81. The Hall–Kier alpha value is -2.89. The molecule has 176 valence electrons. The third-order valence-electron chi connectivity index (χ3n) is 6.92. The molecule has 2 aromatic heterocycles. The molecular formula is C27H34N2O4. The number of furan rings is 1. The van der Waals surface area contributed by atoms with Gasteiger partial charge in [0.1, 0.15) is 17.5 Å². The van der Waals surface area contributed by atoms with E-state index in [0.717, 1.165) is 48.3 Å². The Kier molecular flexibility index (Phi) is 7.63. The molecule has 0 saturated heterocycles. The number of hydrogen-bond acceptors (Lipinski definition) is 5. The molecule has 0 aliphatic heterocycles. The Morgan fingerprint density at radius 1 is 1.15 bits per heavy atom. The number of aromatic nitrogens is 2. The van der Waals surface area contributed by atoms with Gasteiger partial charge in [-0.05, 0) is 63.7 Å². The number of carbonyl (C=O) groups is 1. The molecule has 4 rings (SSSR count). The summed E-state index contributed by atoms with van der Waals surface area (Å²) < 4.78 is 12.6. The second kappa shape index (κ2) is 10.8. The second-order valence-electron chi connectivity index (χ2n) is 9.26. The molecule has 0 amide bonds. The minimum atomic E-state index is -0.754. The van der Waals surface area contributed by atoms with Crippen molar-refractivity contribution in [1.29, 1.82) is 0 Å². The number of hydrogen-bond donors (Lipinski definition) is 1. The third-order valence-corrected chi connectivity index (χ3v) is 6.92. The van der Waals surface area contributed by atoms with Gasteiger partial charge in [0.15, 0.2) is 0 Å². The quantitative estimate of drug-likeness (QED) is 0.335. The number of fused-ring (bicyclic) bond motifs is 1. The summed E-state index contributed by atoms with van der Waals surface area (Å²) in [4.78, 5) is 19.7. The summed E-state index contributed by atoms with van der Waals surface area (Å²) in [6, 6.07) is 10.2. The maximum atomic E-state index is 10.8. The minimum absolute atomic E-state index is 0.0735. The van der Waals surface area contributed by atoms with E-state index < -0.39 is 5.97 Å². The van der Waals surface area contributed by atoms with Crippen LogP contribution in [0.25, 0.3) is 22.4 Å². The van der Waals surface area contributed by atoms with E-state index in [1.165, 1.54) is 31.2 Å². The molecule has 1 aliphatic rings. The summed E-state index contributed by atoms with van der Waals surface area (Å²) in [5, 5.41) is 9.75. The van der Waals surface area contributed by atoms with E-state index in [-0.39, 0.29) is 12.5 Å². The molecule has 1 fully saturated rings. The molecule has 1 aromatic carbocycles. The van der Waals surface area contributed by atoms with E-state index >= 15 is 0 Å². The first kappa shape index (κ1) is 23.3. The van der Waals surface area contributed by atoms with Gasteiger partial charge in [-0.2, -0.15) is 0 Å². The predicted molar refractivity (Wildman–Crippen MR) is 128 cm³/mol. The van der Waals surface area contributed by atoms with Crippen molar-refractivity contribution >= 4 is 17.1 Å². The molecule has 6 heteroatoms. The number of unbranched alkanes of at least 4 members (excludes halogenated alkanes) is 1. The Morgan fingerprint density at radius 2 is 1.91 bits per heavy atom. The van der Waals surface area contributed by atoms with Crippen molar-refractivity contribution in [2.45, 2.75) is 83.7 Å². The average Bonchev–Trinajstić information content (AvgIpc) is 3.23. The standard InChI is InChI=1S/C27H34N2O4/c1-3-19-13-15-20(16-14-19)23-24-26(32-18(2)9-7-8-12-22(30)31)28-17-29-27(24)33-25(23)21-10-5-4-6-11-21/h4-6,10-11,17-20H,3,7-9,12-16H2,1-2H3,(H,30,31). The maximum absolute atomic E-state index is 10.8. The van der Waals surface area contributed by atoms with Crippen molar-refractivity contribution < 1.29 is 19.1 Å². The van der Waals surface area contributed by atoms with Gasteiger partial charge < -0.3 is 14.3 Å². The van der Waals surface area contributed by atoms with Crippen molar-refractivity contribution in [3.05, 3.63) is 42.2 Å². The highest BCUT2D eigenvalue weighted by Crippen LogP contribution is 2.47. The van der Waals surface area contributed by atoms with Gasteiger partial charge in [0.25, 0.3) is 0 Å². The van der Waals surface area contributed by atoms with Crippen LogP contribution in [0, 0.1) is 5.92 Å². The summed E-state index contributed by atoms with van der Waals surface area (Å²) in [5.74, 6) is 1.89. The smallest absolute Gasteiger partial charge is 0.303 e. The number of nitrogens with zero attached hydrogens (tertiary/aromatic N) is 2. The lowest BCUT2D eigenvalue weighted by molar-refractivity contribution is -0.137. The fourth-order valence-electron chi connectivity index (χ4n) is 5.03. The van der Waals surface area contributed by atoms with Crippen LogP contribution in [0.15, 0.2) is 41.1 Å². The fraction of sp³-hybridized carbons (Fsp3) is 0.519. The average molecular weight is 451 g/mol. The van der Waals surface area contributed by atoms with Crippen LogP contribution in [0.4, 0.5) is 0 Å². The van der Waals surface area contributed by atoms with Gasteiger partial charge in [0.05, 0.1) is 6.10 Å². The van der Waals surface area contributed by atoms with E-state index in [0.29, 0.717) is 23.9 Å². The van der Waals surface area contributed by atoms with Gasteiger partial charge in [-0.25, -0.2) is 9.97 Å². The zero-order valence-electron chi connectivity index (χ0n) is 19.6. The Morgan fingerprint density at radius 3 is 2.61 bits per heavy atom. The molecule has 0 radical (unpaired) electrons. The van der Waals surface area contributed by atoms with E-state index in [2.05, 4.69) is 29.0 Å². The summed E-state index contributed by atoms with van der Waals surface area (Å²) >= 11 is 0. The highest BCUT2D eigenvalue weighted by molar-refractivity contribution is 5.90. The number of benzene rings is 1. The summed E-state index contributed by atoms with van der Waals surface area (Å²) in [6.45, 7) is 4.30. The van der Waals surface area contributed by atoms with Crippen LogP contribution in [-0.2, 0) is 4.79 Å². The van der Waals surface area contributed by atoms with Gasteiger partial charge in [-0.1, -0.05) is 43.7 Å². The first-order chi connectivity index (χ1) is 16.1.